The normalized spacial score (nSPS) is 21.1. The maximum Gasteiger partial charge on any atom is 0.154 e. The molecule has 6 rings (SSSR count). The molecule has 1 saturated carbocycles. The molecule has 2 aliphatic rings. The van der Waals surface area contributed by atoms with Gasteiger partial charge in [0.1, 0.15) is 17.3 Å². The molecule has 4 aromatic rings. The largest absolute Gasteiger partial charge is 0.354 e. The summed E-state index contributed by atoms with van der Waals surface area (Å²) in [5, 5.41) is 8.42. The van der Waals surface area contributed by atoms with Gasteiger partial charge in [0.2, 0.25) is 0 Å². The molecule has 2 fully saturated rings. The molecule has 0 bridgehead atoms. The number of benzene rings is 1. The summed E-state index contributed by atoms with van der Waals surface area (Å²) >= 11 is 0. The van der Waals surface area contributed by atoms with Gasteiger partial charge in [-0.1, -0.05) is 24.6 Å². The Kier molecular flexibility index (Phi) is 5.26. The van der Waals surface area contributed by atoms with E-state index < -0.39 is 0 Å². The molecule has 1 aromatic carbocycles. The summed E-state index contributed by atoms with van der Waals surface area (Å²) in [6.45, 7) is 3.85. The Morgan fingerprint density at radius 2 is 1.79 bits per heavy atom. The SMILES string of the molecule is Fc1cccc([C@H]2CCCC2c2ccc3ncc(-c4cccc(N5CCNCC5)n4)n3n2)c1. The lowest BCUT2D eigenvalue weighted by Gasteiger charge is -2.28. The number of halogens is 1. The fraction of sp³-hybridized carbons (Fsp3) is 0.346. The Morgan fingerprint density at radius 3 is 2.67 bits per heavy atom. The van der Waals surface area contributed by atoms with Crippen molar-refractivity contribution in [2.45, 2.75) is 31.1 Å². The van der Waals surface area contributed by atoms with Crippen molar-refractivity contribution in [3.8, 4) is 11.4 Å². The lowest BCUT2D eigenvalue weighted by Crippen LogP contribution is -2.43. The number of nitrogens with one attached hydrogen (secondary N) is 1. The van der Waals surface area contributed by atoms with Crippen LogP contribution in [-0.2, 0) is 0 Å². The third-order valence-corrected chi connectivity index (χ3v) is 6.99. The first-order chi connectivity index (χ1) is 16.3. The number of fused-ring (bicyclic) bond motifs is 1. The highest BCUT2D eigenvalue weighted by Gasteiger charge is 2.31. The molecule has 1 aliphatic carbocycles. The zero-order chi connectivity index (χ0) is 22.2. The predicted molar refractivity (Wildman–Crippen MR) is 127 cm³/mol. The van der Waals surface area contributed by atoms with Gasteiger partial charge in [-0.2, -0.15) is 5.10 Å². The topological polar surface area (TPSA) is 58.4 Å². The van der Waals surface area contributed by atoms with E-state index in [-0.39, 0.29) is 17.7 Å². The number of piperazine rings is 1. The lowest BCUT2D eigenvalue weighted by atomic mass is 9.86. The summed E-state index contributed by atoms with van der Waals surface area (Å²) in [6, 6.07) is 17.3. The van der Waals surface area contributed by atoms with Crippen molar-refractivity contribution in [1.82, 2.24) is 24.9 Å². The fourth-order valence-electron chi connectivity index (χ4n) is 5.35. The van der Waals surface area contributed by atoms with Crippen LogP contribution < -0.4 is 10.2 Å². The Hall–Kier alpha value is -3.32. The van der Waals surface area contributed by atoms with Crippen molar-refractivity contribution in [1.29, 1.82) is 0 Å². The van der Waals surface area contributed by atoms with E-state index in [1.54, 1.807) is 6.07 Å². The first kappa shape index (κ1) is 20.3. The standard InChI is InChI=1S/C26H27FN6/c27-19-5-1-4-18(16-19)20-6-2-7-21(20)22-10-11-25-29-17-24(33(25)31-22)23-8-3-9-26(30-23)32-14-12-28-13-15-32/h1,3-5,8-11,16-17,20-21,28H,2,6-7,12-15H2/t20-,21?/m1/s1. The Balaban J connectivity index is 1.36. The first-order valence-corrected chi connectivity index (χ1v) is 11.8. The van der Waals surface area contributed by atoms with E-state index in [0.717, 1.165) is 79.6 Å². The number of imidazole rings is 1. The van der Waals surface area contributed by atoms with Crippen LogP contribution in [0.5, 0.6) is 0 Å². The van der Waals surface area contributed by atoms with Gasteiger partial charge in [-0.3, -0.25) is 0 Å². The van der Waals surface area contributed by atoms with Crippen molar-refractivity contribution >= 4 is 11.5 Å². The molecule has 33 heavy (non-hydrogen) atoms. The highest BCUT2D eigenvalue weighted by Crippen LogP contribution is 2.45. The molecule has 1 unspecified atom stereocenters. The number of pyridine rings is 1. The van der Waals surface area contributed by atoms with Gasteiger partial charge in [-0.15, -0.1) is 0 Å². The average Bonchev–Trinajstić information content (AvgIpc) is 3.52. The van der Waals surface area contributed by atoms with Gasteiger partial charge < -0.3 is 10.2 Å². The lowest BCUT2D eigenvalue weighted by molar-refractivity contribution is 0.582. The zero-order valence-corrected chi connectivity index (χ0v) is 18.5. The maximum absolute atomic E-state index is 13.9. The van der Waals surface area contributed by atoms with E-state index in [2.05, 4.69) is 33.4 Å². The Morgan fingerprint density at radius 1 is 0.939 bits per heavy atom. The van der Waals surface area contributed by atoms with E-state index in [1.807, 2.05) is 35.0 Å². The van der Waals surface area contributed by atoms with Gasteiger partial charge in [-0.25, -0.2) is 18.9 Å². The maximum atomic E-state index is 13.9. The van der Waals surface area contributed by atoms with Gasteiger partial charge in [0.15, 0.2) is 5.65 Å². The second kappa shape index (κ2) is 8.56. The van der Waals surface area contributed by atoms with Gasteiger partial charge >= 0.3 is 0 Å². The van der Waals surface area contributed by atoms with Crippen LogP contribution in [0.25, 0.3) is 17.0 Å². The summed E-state index contributed by atoms with van der Waals surface area (Å²) in [5.74, 6) is 1.37. The van der Waals surface area contributed by atoms with E-state index >= 15 is 0 Å². The minimum atomic E-state index is -0.172. The van der Waals surface area contributed by atoms with E-state index in [0.29, 0.717) is 0 Å². The van der Waals surface area contributed by atoms with Crippen LogP contribution >= 0.6 is 0 Å². The quantitative estimate of drug-likeness (QED) is 0.508. The minimum absolute atomic E-state index is 0.172. The van der Waals surface area contributed by atoms with Crippen LogP contribution in [0.2, 0.25) is 0 Å². The molecular formula is C26H27FN6. The van der Waals surface area contributed by atoms with Crippen LogP contribution in [0.15, 0.2) is 60.8 Å². The smallest absolute Gasteiger partial charge is 0.154 e. The van der Waals surface area contributed by atoms with Crippen molar-refractivity contribution in [2.75, 3.05) is 31.1 Å². The second-order valence-corrected chi connectivity index (χ2v) is 8.99. The van der Waals surface area contributed by atoms with Gasteiger partial charge in [0.25, 0.3) is 0 Å². The molecule has 1 N–H and O–H groups in total. The molecule has 168 valence electrons. The highest BCUT2D eigenvalue weighted by atomic mass is 19.1. The monoisotopic (exact) mass is 442 g/mol. The molecule has 2 atom stereocenters. The fourth-order valence-corrected chi connectivity index (χ4v) is 5.35. The molecular weight excluding hydrogens is 415 g/mol. The molecule has 3 aromatic heterocycles. The number of nitrogens with zero attached hydrogens (tertiary/aromatic N) is 5. The van der Waals surface area contributed by atoms with Gasteiger partial charge in [0, 0.05) is 32.1 Å². The molecule has 1 saturated heterocycles. The van der Waals surface area contributed by atoms with Crippen molar-refractivity contribution < 1.29 is 4.39 Å². The first-order valence-electron chi connectivity index (χ1n) is 11.8. The van der Waals surface area contributed by atoms with Crippen molar-refractivity contribution in [2.24, 2.45) is 0 Å². The Labute approximate surface area is 192 Å². The summed E-state index contributed by atoms with van der Waals surface area (Å²) in [6.07, 6.45) is 5.09. The van der Waals surface area contributed by atoms with E-state index in [1.165, 1.54) is 6.07 Å². The number of rotatable bonds is 4. The zero-order valence-electron chi connectivity index (χ0n) is 18.5. The third-order valence-electron chi connectivity index (χ3n) is 6.99. The molecule has 0 amide bonds. The predicted octanol–water partition coefficient (Wildman–Crippen LogP) is 4.39. The summed E-state index contributed by atoms with van der Waals surface area (Å²) in [7, 11) is 0. The van der Waals surface area contributed by atoms with Crippen LogP contribution in [0.4, 0.5) is 10.2 Å². The third kappa shape index (κ3) is 3.86. The molecule has 4 heterocycles. The Bertz CT molecular complexity index is 1280. The molecule has 1 aliphatic heterocycles. The van der Waals surface area contributed by atoms with Crippen molar-refractivity contribution in [3.63, 3.8) is 0 Å². The molecule has 0 spiro atoms. The minimum Gasteiger partial charge on any atom is -0.354 e. The molecule has 7 heteroatoms. The molecule has 0 radical (unpaired) electrons. The van der Waals surface area contributed by atoms with Crippen LogP contribution in [0.1, 0.15) is 42.4 Å². The summed E-state index contributed by atoms with van der Waals surface area (Å²) in [4.78, 5) is 11.8. The number of hydrogen-bond donors (Lipinski definition) is 1. The molecule has 6 nitrogen and oxygen atoms in total. The highest BCUT2D eigenvalue weighted by molar-refractivity contribution is 5.61. The van der Waals surface area contributed by atoms with Crippen molar-refractivity contribution in [3.05, 3.63) is 77.9 Å². The van der Waals surface area contributed by atoms with Crippen LogP contribution in [-0.4, -0.2) is 45.8 Å². The van der Waals surface area contributed by atoms with Gasteiger partial charge in [-0.05, 0) is 60.7 Å². The summed E-state index contributed by atoms with van der Waals surface area (Å²) in [5.41, 5.74) is 4.67. The van der Waals surface area contributed by atoms with E-state index in [9.17, 15) is 4.39 Å². The van der Waals surface area contributed by atoms with Crippen LogP contribution in [0, 0.1) is 5.82 Å². The number of hydrogen-bond acceptors (Lipinski definition) is 5. The number of aromatic nitrogens is 4. The van der Waals surface area contributed by atoms with Crippen LogP contribution in [0.3, 0.4) is 0 Å². The average molecular weight is 443 g/mol. The number of anilines is 1. The summed E-state index contributed by atoms with van der Waals surface area (Å²) < 4.78 is 15.8. The second-order valence-electron chi connectivity index (χ2n) is 8.99. The van der Waals surface area contributed by atoms with Gasteiger partial charge in [0.05, 0.1) is 17.6 Å². The van der Waals surface area contributed by atoms with E-state index in [4.69, 9.17) is 10.1 Å².